The number of aryl methyl sites for hydroxylation is 1. The average molecular weight is 366 g/mol. The van der Waals surface area contributed by atoms with Gasteiger partial charge in [0.05, 0.1) is 17.2 Å². The Morgan fingerprint density at radius 1 is 1.22 bits per heavy atom. The van der Waals surface area contributed by atoms with Gasteiger partial charge in [-0.25, -0.2) is 9.97 Å². The summed E-state index contributed by atoms with van der Waals surface area (Å²) in [5, 5.41) is 20.7. The number of aromatic nitrogens is 4. The topological polar surface area (TPSA) is 105 Å². The molecule has 1 saturated carbocycles. The molecule has 0 spiro atoms. The van der Waals surface area contributed by atoms with Gasteiger partial charge in [-0.2, -0.15) is 5.10 Å². The van der Waals surface area contributed by atoms with E-state index in [9.17, 15) is 9.90 Å². The van der Waals surface area contributed by atoms with E-state index < -0.39 is 0 Å². The van der Waals surface area contributed by atoms with E-state index in [1.54, 1.807) is 36.3 Å². The van der Waals surface area contributed by atoms with Gasteiger partial charge in [0.2, 0.25) is 5.95 Å². The number of para-hydroxylation sites is 1. The number of amides is 1. The first-order chi connectivity index (χ1) is 13.1. The van der Waals surface area contributed by atoms with Crippen LogP contribution in [0.15, 0.2) is 36.7 Å². The molecule has 140 valence electrons. The molecular weight excluding hydrogens is 344 g/mol. The van der Waals surface area contributed by atoms with Crippen LogP contribution in [-0.2, 0) is 7.05 Å². The first kappa shape index (κ1) is 17.4. The second kappa shape index (κ2) is 7.32. The molecule has 1 aliphatic carbocycles. The zero-order chi connectivity index (χ0) is 18.8. The van der Waals surface area contributed by atoms with Gasteiger partial charge >= 0.3 is 0 Å². The maximum Gasteiger partial charge on any atom is 0.259 e. The molecule has 2 aromatic heterocycles. The van der Waals surface area contributed by atoms with E-state index in [2.05, 4.69) is 25.7 Å². The van der Waals surface area contributed by atoms with Crippen LogP contribution < -0.4 is 10.6 Å². The molecule has 0 atom stereocenters. The summed E-state index contributed by atoms with van der Waals surface area (Å²) in [5.74, 6) is 0.736. The molecule has 8 nitrogen and oxygen atoms in total. The van der Waals surface area contributed by atoms with Crippen molar-refractivity contribution in [3.63, 3.8) is 0 Å². The quantitative estimate of drug-likeness (QED) is 0.654. The Bertz CT molecular complexity index is 962. The average Bonchev–Trinajstić information content (AvgIpc) is 3.07. The number of carbonyl (C=O) groups excluding carboxylic acids is 1. The van der Waals surface area contributed by atoms with Crippen LogP contribution in [0.2, 0.25) is 0 Å². The highest BCUT2D eigenvalue weighted by atomic mass is 16.3. The number of carbonyl (C=O) groups is 1. The van der Waals surface area contributed by atoms with Crippen LogP contribution in [-0.4, -0.2) is 42.9 Å². The molecule has 0 radical (unpaired) electrons. The van der Waals surface area contributed by atoms with E-state index in [1.165, 1.54) is 0 Å². The molecule has 3 aromatic rings. The van der Waals surface area contributed by atoms with Crippen molar-refractivity contribution in [2.75, 3.05) is 10.6 Å². The third-order valence-corrected chi connectivity index (χ3v) is 4.84. The van der Waals surface area contributed by atoms with Crippen molar-refractivity contribution in [2.24, 2.45) is 7.05 Å². The Hall–Kier alpha value is -3.00. The summed E-state index contributed by atoms with van der Waals surface area (Å²) in [6.45, 7) is 0. The van der Waals surface area contributed by atoms with Crippen LogP contribution in [0.25, 0.3) is 10.9 Å². The van der Waals surface area contributed by atoms with Crippen molar-refractivity contribution in [1.29, 1.82) is 0 Å². The van der Waals surface area contributed by atoms with Gasteiger partial charge in [-0.3, -0.25) is 9.48 Å². The first-order valence-corrected chi connectivity index (χ1v) is 9.10. The van der Waals surface area contributed by atoms with Crippen molar-refractivity contribution in [3.05, 3.63) is 42.2 Å². The molecule has 1 amide bonds. The van der Waals surface area contributed by atoms with Gasteiger partial charge in [-0.05, 0) is 31.7 Å². The Morgan fingerprint density at radius 3 is 2.78 bits per heavy atom. The molecule has 0 saturated heterocycles. The number of nitrogens with one attached hydrogen (secondary N) is 2. The lowest BCUT2D eigenvalue weighted by molar-refractivity contribution is 0.102. The highest BCUT2D eigenvalue weighted by Gasteiger charge is 2.20. The molecule has 27 heavy (non-hydrogen) atoms. The molecule has 0 aliphatic heterocycles. The number of hydrogen-bond acceptors (Lipinski definition) is 6. The van der Waals surface area contributed by atoms with E-state index in [0.717, 1.165) is 31.1 Å². The SMILES string of the molecule is Cn1ccc(NC(=O)c2cccc3cnc(N[C@H]4CC[C@H](O)CC4)nc23)n1. The number of anilines is 2. The smallest absolute Gasteiger partial charge is 0.259 e. The van der Waals surface area contributed by atoms with Crippen LogP contribution in [0.4, 0.5) is 11.8 Å². The number of nitrogens with zero attached hydrogens (tertiary/aromatic N) is 4. The Kier molecular flexibility index (Phi) is 4.72. The predicted octanol–water partition coefficient (Wildman–Crippen LogP) is 2.33. The lowest BCUT2D eigenvalue weighted by atomic mass is 9.93. The molecule has 3 N–H and O–H groups in total. The number of rotatable bonds is 4. The van der Waals surface area contributed by atoms with Crippen molar-refractivity contribution in [2.45, 2.75) is 37.8 Å². The monoisotopic (exact) mass is 366 g/mol. The second-order valence-corrected chi connectivity index (χ2v) is 6.92. The fraction of sp³-hybridized carbons (Fsp3) is 0.368. The largest absolute Gasteiger partial charge is 0.393 e. The highest BCUT2D eigenvalue weighted by Crippen LogP contribution is 2.23. The minimum absolute atomic E-state index is 0.206. The first-order valence-electron chi connectivity index (χ1n) is 9.10. The summed E-state index contributed by atoms with van der Waals surface area (Å²) in [5.41, 5.74) is 1.07. The summed E-state index contributed by atoms with van der Waals surface area (Å²) in [6, 6.07) is 7.42. The van der Waals surface area contributed by atoms with Crippen LogP contribution in [0.3, 0.4) is 0 Å². The van der Waals surface area contributed by atoms with E-state index in [-0.39, 0.29) is 18.1 Å². The predicted molar refractivity (Wildman–Crippen MR) is 103 cm³/mol. The van der Waals surface area contributed by atoms with Crippen LogP contribution in [0.1, 0.15) is 36.0 Å². The molecule has 1 aliphatic rings. The van der Waals surface area contributed by atoms with Gasteiger partial charge in [0.1, 0.15) is 0 Å². The Morgan fingerprint density at radius 2 is 2.04 bits per heavy atom. The summed E-state index contributed by atoms with van der Waals surface area (Å²) < 4.78 is 1.63. The molecule has 0 bridgehead atoms. The number of hydrogen-bond donors (Lipinski definition) is 3. The Balaban J connectivity index is 1.58. The molecule has 8 heteroatoms. The fourth-order valence-corrected chi connectivity index (χ4v) is 3.38. The van der Waals surface area contributed by atoms with Gasteiger partial charge in [0.15, 0.2) is 5.82 Å². The van der Waals surface area contributed by atoms with E-state index in [1.807, 2.05) is 12.1 Å². The van der Waals surface area contributed by atoms with Gasteiger partial charge in [0.25, 0.3) is 5.91 Å². The van der Waals surface area contributed by atoms with E-state index in [4.69, 9.17) is 0 Å². The number of benzene rings is 1. The van der Waals surface area contributed by atoms with Crippen molar-refractivity contribution >= 4 is 28.6 Å². The molecule has 4 rings (SSSR count). The van der Waals surface area contributed by atoms with E-state index >= 15 is 0 Å². The molecule has 0 unspecified atom stereocenters. The summed E-state index contributed by atoms with van der Waals surface area (Å²) >= 11 is 0. The molecular formula is C19H22N6O2. The number of aliphatic hydroxyl groups is 1. The summed E-state index contributed by atoms with van der Waals surface area (Å²) in [4.78, 5) is 21.7. The second-order valence-electron chi connectivity index (χ2n) is 6.92. The van der Waals surface area contributed by atoms with Crippen molar-refractivity contribution in [1.82, 2.24) is 19.7 Å². The highest BCUT2D eigenvalue weighted by molar-refractivity contribution is 6.11. The summed E-state index contributed by atoms with van der Waals surface area (Å²) in [7, 11) is 1.79. The standard InChI is InChI=1S/C19H22N6O2/c1-25-10-9-16(24-25)22-18(27)15-4-2-3-12-11-20-19(23-17(12)15)21-13-5-7-14(26)8-6-13/h2-4,9-11,13-14,26H,5-8H2,1H3,(H,20,21,23)(H,22,24,27)/t13-,14-. The van der Waals surface area contributed by atoms with Gasteiger partial charge < -0.3 is 15.7 Å². The van der Waals surface area contributed by atoms with Gasteiger partial charge in [-0.1, -0.05) is 12.1 Å². The minimum Gasteiger partial charge on any atom is -0.393 e. The van der Waals surface area contributed by atoms with Gasteiger partial charge in [0, 0.05) is 36.9 Å². The number of fused-ring (bicyclic) bond motifs is 1. The van der Waals surface area contributed by atoms with Gasteiger partial charge in [-0.15, -0.1) is 0 Å². The third kappa shape index (κ3) is 3.90. The zero-order valence-electron chi connectivity index (χ0n) is 15.1. The van der Waals surface area contributed by atoms with Crippen molar-refractivity contribution < 1.29 is 9.90 Å². The number of aliphatic hydroxyl groups excluding tert-OH is 1. The van der Waals surface area contributed by atoms with Crippen LogP contribution in [0, 0.1) is 0 Å². The lowest BCUT2D eigenvalue weighted by Gasteiger charge is -2.26. The van der Waals surface area contributed by atoms with Crippen molar-refractivity contribution in [3.8, 4) is 0 Å². The molecule has 1 aromatic carbocycles. The van der Waals surface area contributed by atoms with E-state index in [0.29, 0.717) is 22.8 Å². The maximum absolute atomic E-state index is 12.7. The maximum atomic E-state index is 12.7. The molecule has 2 heterocycles. The third-order valence-electron chi connectivity index (χ3n) is 4.84. The van der Waals surface area contributed by atoms with Crippen LogP contribution in [0.5, 0.6) is 0 Å². The lowest BCUT2D eigenvalue weighted by Crippen LogP contribution is -2.29. The minimum atomic E-state index is -0.260. The molecule has 1 fully saturated rings. The normalized spacial score (nSPS) is 19.8. The Labute approximate surface area is 156 Å². The summed E-state index contributed by atoms with van der Waals surface area (Å²) in [6.07, 6.45) is 6.60. The zero-order valence-corrected chi connectivity index (χ0v) is 15.1. The fourth-order valence-electron chi connectivity index (χ4n) is 3.38. The van der Waals surface area contributed by atoms with Crippen LogP contribution >= 0.6 is 0 Å².